The lowest BCUT2D eigenvalue weighted by Gasteiger charge is -2.23. The van der Waals surface area contributed by atoms with Crippen LogP contribution in [0, 0.1) is 0 Å². The predicted octanol–water partition coefficient (Wildman–Crippen LogP) is 4.48. The van der Waals surface area contributed by atoms with Gasteiger partial charge in [-0.25, -0.2) is 4.68 Å². The van der Waals surface area contributed by atoms with E-state index in [2.05, 4.69) is 5.10 Å². The average Bonchev–Trinajstić information content (AvgIpc) is 3.52. The zero-order valence-corrected chi connectivity index (χ0v) is 20.7. The fraction of sp³-hybridized carbons (Fsp3) is 0.346. The molecule has 1 aromatic carbocycles. The van der Waals surface area contributed by atoms with Crippen LogP contribution in [0.25, 0.3) is 23.0 Å². The number of thiophene rings is 1. The normalized spacial score (nSPS) is 15.0. The minimum atomic E-state index is -2.94. The molecule has 0 radical (unpaired) electrons. The molecular weight excluding hydrogens is 464 g/mol. The lowest BCUT2D eigenvalue weighted by molar-refractivity contribution is -0.127. The van der Waals surface area contributed by atoms with E-state index in [1.807, 2.05) is 42.8 Å². The zero-order chi connectivity index (χ0) is 30.3. The Balaban J connectivity index is 1.86. The van der Waals surface area contributed by atoms with E-state index in [1.54, 1.807) is 17.9 Å². The molecule has 0 aliphatic carbocycles. The number of amides is 2. The first-order chi connectivity index (χ1) is 19.1. The molecule has 0 bridgehead atoms. The highest BCUT2D eigenvalue weighted by Gasteiger charge is 2.32. The fourth-order valence-corrected chi connectivity index (χ4v) is 4.43. The monoisotopic (exact) mass is 500 g/mol. The third kappa shape index (κ3) is 4.81. The minimum absolute atomic E-state index is 0.0671. The lowest BCUT2D eigenvalue weighted by atomic mass is 9.98. The van der Waals surface area contributed by atoms with Crippen molar-refractivity contribution in [3.63, 3.8) is 0 Å². The van der Waals surface area contributed by atoms with Crippen molar-refractivity contribution in [1.82, 2.24) is 19.6 Å². The van der Waals surface area contributed by atoms with Crippen molar-refractivity contribution >= 4 is 29.2 Å². The number of methoxy groups -OCH3 is 1. The van der Waals surface area contributed by atoms with Crippen LogP contribution < -0.4 is 9.47 Å². The maximum absolute atomic E-state index is 13.9. The number of hydrogen-bond donors (Lipinski definition) is 0. The second-order valence-electron chi connectivity index (χ2n) is 8.30. The van der Waals surface area contributed by atoms with Gasteiger partial charge in [0.15, 0.2) is 5.69 Å². The van der Waals surface area contributed by atoms with Crippen LogP contribution in [0.15, 0.2) is 34.5 Å². The summed E-state index contributed by atoms with van der Waals surface area (Å²) in [4.78, 5) is 26.9. The Morgan fingerprint density at radius 3 is 2.66 bits per heavy atom. The number of carbonyl (C=O) groups is 2. The maximum Gasteiger partial charge on any atom is 0.274 e. The summed E-state index contributed by atoms with van der Waals surface area (Å²) in [6.07, 6.45) is 1.95. The van der Waals surface area contributed by atoms with Crippen LogP contribution in [0.5, 0.6) is 11.5 Å². The molecule has 1 aliphatic rings. The highest BCUT2D eigenvalue weighted by atomic mass is 32.1. The second-order valence-corrected chi connectivity index (χ2v) is 9.08. The van der Waals surface area contributed by atoms with Crippen LogP contribution in [0.1, 0.15) is 50.6 Å². The van der Waals surface area contributed by atoms with Crippen molar-refractivity contribution in [2.45, 2.75) is 27.4 Å². The summed E-state index contributed by atoms with van der Waals surface area (Å²) in [5, 5.41) is 8.28. The Kier molecular flexibility index (Phi) is 5.06. The summed E-state index contributed by atoms with van der Waals surface area (Å²) >= 11 is 1.43. The number of benzene rings is 1. The lowest BCUT2D eigenvalue weighted by Crippen LogP contribution is -2.37. The van der Waals surface area contributed by atoms with E-state index < -0.39 is 38.9 Å². The summed E-state index contributed by atoms with van der Waals surface area (Å²) < 4.78 is 60.1. The molecule has 1 aliphatic heterocycles. The van der Waals surface area contributed by atoms with Gasteiger partial charge in [-0.1, -0.05) is 11.6 Å². The summed E-state index contributed by atoms with van der Waals surface area (Å²) in [5.74, 6) is -0.591. The first-order valence-electron chi connectivity index (χ1n) is 13.9. The van der Waals surface area contributed by atoms with Crippen LogP contribution in [0.3, 0.4) is 0 Å². The van der Waals surface area contributed by atoms with E-state index in [9.17, 15) is 9.59 Å². The molecule has 184 valence electrons. The number of likely N-dealkylation sites (N-methyl/N-ethyl adjacent to an activating group) is 2. The number of hydrogen-bond acceptors (Lipinski definition) is 6. The SMILES string of the molecule is [2H]C([2H])([2H])N(CCN(C(=O)c1nn(-c2ccsc2)c2c1COc1cc(OC)c(C=C(C)C)cc1-2)C([2H])([2H])[2H])C(C)=O. The summed E-state index contributed by atoms with van der Waals surface area (Å²) in [6.45, 7) is -1.88. The fourth-order valence-electron chi connectivity index (χ4n) is 3.82. The zero-order valence-electron chi connectivity index (χ0n) is 25.9. The summed E-state index contributed by atoms with van der Waals surface area (Å²) in [7, 11) is 1.56. The molecule has 4 rings (SSSR count). The third-order valence-corrected chi connectivity index (χ3v) is 6.18. The minimum Gasteiger partial charge on any atom is -0.496 e. The highest BCUT2D eigenvalue weighted by Crippen LogP contribution is 2.44. The molecule has 2 aromatic heterocycles. The largest absolute Gasteiger partial charge is 0.496 e. The third-order valence-electron chi connectivity index (χ3n) is 5.51. The van der Waals surface area contributed by atoms with Gasteiger partial charge in [0, 0.05) is 70.3 Å². The van der Waals surface area contributed by atoms with Gasteiger partial charge in [0.25, 0.3) is 5.91 Å². The second kappa shape index (κ2) is 9.95. The van der Waals surface area contributed by atoms with E-state index in [0.29, 0.717) is 43.8 Å². The highest BCUT2D eigenvalue weighted by molar-refractivity contribution is 7.08. The van der Waals surface area contributed by atoms with Crippen molar-refractivity contribution in [1.29, 1.82) is 0 Å². The first kappa shape index (κ1) is 17.8. The molecule has 9 heteroatoms. The molecule has 0 spiro atoms. The molecule has 0 saturated heterocycles. The molecule has 0 atom stereocenters. The van der Waals surface area contributed by atoms with E-state index in [-0.39, 0.29) is 12.3 Å². The Labute approximate surface area is 217 Å². The van der Waals surface area contributed by atoms with E-state index in [0.717, 1.165) is 18.1 Å². The van der Waals surface area contributed by atoms with E-state index >= 15 is 0 Å². The molecule has 35 heavy (non-hydrogen) atoms. The molecule has 3 heterocycles. The Hall–Kier alpha value is -3.59. The quantitative estimate of drug-likeness (QED) is 0.478. The number of carbonyl (C=O) groups excluding carboxylic acids is 2. The van der Waals surface area contributed by atoms with Gasteiger partial charge in [-0.05, 0) is 31.4 Å². The molecule has 3 aromatic rings. The van der Waals surface area contributed by atoms with Gasteiger partial charge in [0.05, 0.1) is 18.5 Å². The van der Waals surface area contributed by atoms with Crippen LogP contribution >= 0.6 is 11.3 Å². The standard InChI is InChI=1S/C26H30N4O4S/c1-16(2)11-18-12-20-23(13-22(18)33-6)34-14-21-24(26(32)29(5)9-8-28(4)17(3)31)27-30(25(20)21)19-7-10-35-15-19/h7,10-13,15H,8-9,14H2,1-6H3/i4D3,5D3. The van der Waals surface area contributed by atoms with Crippen molar-refractivity contribution < 1.29 is 27.3 Å². The predicted molar refractivity (Wildman–Crippen MR) is 137 cm³/mol. The number of allylic oxidation sites excluding steroid dienone is 1. The number of rotatable bonds is 7. The van der Waals surface area contributed by atoms with Gasteiger partial charge >= 0.3 is 0 Å². The van der Waals surface area contributed by atoms with Crippen molar-refractivity contribution in [3.8, 4) is 28.4 Å². The number of aromatic nitrogens is 2. The van der Waals surface area contributed by atoms with Crippen LogP contribution in [-0.4, -0.2) is 65.5 Å². The molecule has 0 saturated carbocycles. The van der Waals surface area contributed by atoms with E-state index in [1.165, 1.54) is 11.3 Å². The van der Waals surface area contributed by atoms with Crippen LogP contribution in [0.2, 0.25) is 0 Å². The summed E-state index contributed by atoms with van der Waals surface area (Å²) in [6, 6.07) is 5.46. The smallest absolute Gasteiger partial charge is 0.274 e. The first-order valence-corrected chi connectivity index (χ1v) is 11.8. The number of fused-ring (bicyclic) bond motifs is 3. The van der Waals surface area contributed by atoms with Crippen molar-refractivity contribution in [3.05, 3.63) is 51.4 Å². The Morgan fingerprint density at radius 2 is 2.03 bits per heavy atom. The molecule has 0 N–H and O–H groups in total. The maximum atomic E-state index is 13.9. The molecule has 8 nitrogen and oxygen atoms in total. The molecule has 2 amide bonds. The average molecular weight is 501 g/mol. The molecule has 0 fully saturated rings. The van der Waals surface area contributed by atoms with Gasteiger partial charge in [-0.15, -0.1) is 0 Å². The van der Waals surface area contributed by atoms with Crippen LogP contribution in [0.4, 0.5) is 0 Å². The van der Waals surface area contributed by atoms with Gasteiger partial charge in [-0.3, -0.25) is 9.59 Å². The van der Waals surface area contributed by atoms with Gasteiger partial charge in [0.1, 0.15) is 18.1 Å². The van der Waals surface area contributed by atoms with Crippen LogP contribution in [-0.2, 0) is 11.4 Å². The molecular formula is C26H30N4O4S. The topological polar surface area (TPSA) is 76.9 Å². The van der Waals surface area contributed by atoms with Gasteiger partial charge < -0.3 is 19.3 Å². The van der Waals surface area contributed by atoms with Crippen molar-refractivity contribution in [2.24, 2.45) is 0 Å². The summed E-state index contributed by atoms with van der Waals surface area (Å²) in [5.41, 5.74) is 3.94. The van der Waals surface area contributed by atoms with E-state index in [4.69, 9.17) is 17.7 Å². The molecule has 0 unspecified atom stereocenters. The number of nitrogens with zero attached hydrogens (tertiary/aromatic N) is 4. The Morgan fingerprint density at radius 1 is 1.26 bits per heavy atom. The van der Waals surface area contributed by atoms with Crippen molar-refractivity contribution in [2.75, 3.05) is 34.2 Å². The Bertz CT molecular complexity index is 1490. The van der Waals surface area contributed by atoms with Gasteiger partial charge in [-0.2, -0.15) is 16.4 Å². The number of ether oxygens (including phenoxy) is 2. The van der Waals surface area contributed by atoms with Gasteiger partial charge in [0.2, 0.25) is 5.91 Å².